The Labute approximate surface area is 177 Å². The van der Waals surface area contributed by atoms with Gasteiger partial charge in [-0.3, -0.25) is 4.79 Å². The second-order valence-electron chi connectivity index (χ2n) is 7.65. The van der Waals surface area contributed by atoms with Crippen LogP contribution in [0.1, 0.15) is 18.4 Å². The van der Waals surface area contributed by atoms with Crippen molar-refractivity contribution in [2.75, 3.05) is 51.4 Å². The number of ether oxygens (including phenoxy) is 2. The van der Waals surface area contributed by atoms with Gasteiger partial charge in [-0.05, 0) is 37.1 Å². The van der Waals surface area contributed by atoms with Crippen molar-refractivity contribution < 1.29 is 14.3 Å². The van der Waals surface area contributed by atoms with Crippen molar-refractivity contribution in [1.82, 2.24) is 4.90 Å². The fourth-order valence-corrected chi connectivity index (χ4v) is 4.69. The minimum absolute atomic E-state index is 0.191. The van der Waals surface area contributed by atoms with Crippen molar-refractivity contribution in [2.24, 2.45) is 0 Å². The molecule has 0 bridgehead atoms. The Balaban J connectivity index is 1.55. The van der Waals surface area contributed by atoms with Crippen LogP contribution in [0.25, 0.3) is 0 Å². The molecular formula is C23H27ClN2O3. The summed E-state index contributed by atoms with van der Waals surface area (Å²) in [6, 6.07) is 15.8. The van der Waals surface area contributed by atoms with Gasteiger partial charge in [-0.1, -0.05) is 35.9 Å². The molecule has 2 aliphatic heterocycles. The molecule has 2 fully saturated rings. The summed E-state index contributed by atoms with van der Waals surface area (Å²) in [6.07, 6.45) is 1.36. The lowest BCUT2D eigenvalue weighted by Gasteiger charge is -2.43. The SMILES string of the molecule is COc1ccccc1C1(C(=O)N2CCN(c3cccc(Cl)c3)CC2)CCOCC1. The summed E-state index contributed by atoms with van der Waals surface area (Å²) in [6.45, 7) is 4.17. The Bertz CT molecular complexity index is 859. The highest BCUT2D eigenvalue weighted by Crippen LogP contribution is 2.41. The van der Waals surface area contributed by atoms with Crippen molar-refractivity contribution >= 4 is 23.2 Å². The molecule has 0 aromatic heterocycles. The average Bonchev–Trinajstić information content (AvgIpc) is 2.79. The van der Waals surface area contributed by atoms with Gasteiger partial charge in [0, 0.05) is 55.7 Å². The van der Waals surface area contributed by atoms with Crippen LogP contribution in [0, 0.1) is 0 Å². The molecule has 0 spiro atoms. The lowest BCUT2D eigenvalue weighted by molar-refractivity contribution is -0.141. The number of anilines is 1. The predicted molar refractivity (Wildman–Crippen MR) is 115 cm³/mol. The highest BCUT2D eigenvalue weighted by Gasteiger charge is 2.46. The van der Waals surface area contributed by atoms with Gasteiger partial charge >= 0.3 is 0 Å². The molecule has 2 aromatic rings. The number of hydrogen-bond acceptors (Lipinski definition) is 4. The molecule has 0 N–H and O–H groups in total. The number of rotatable bonds is 4. The molecule has 2 aromatic carbocycles. The second-order valence-corrected chi connectivity index (χ2v) is 8.09. The van der Waals surface area contributed by atoms with Gasteiger partial charge in [0.2, 0.25) is 5.91 Å². The number of benzene rings is 2. The van der Waals surface area contributed by atoms with E-state index in [2.05, 4.69) is 11.0 Å². The zero-order chi connectivity index (χ0) is 20.3. The summed E-state index contributed by atoms with van der Waals surface area (Å²) in [5.74, 6) is 0.969. The number of hydrogen-bond donors (Lipinski definition) is 0. The Hall–Kier alpha value is -2.24. The van der Waals surface area contributed by atoms with E-state index in [4.69, 9.17) is 21.1 Å². The second kappa shape index (κ2) is 8.64. The van der Waals surface area contributed by atoms with Crippen LogP contribution in [0.15, 0.2) is 48.5 Å². The maximum Gasteiger partial charge on any atom is 0.233 e. The lowest BCUT2D eigenvalue weighted by atomic mass is 9.72. The minimum atomic E-state index is -0.580. The normalized spacial score (nSPS) is 19.1. The van der Waals surface area contributed by atoms with E-state index in [9.17, 15) is 4.79 Å². The third-order valence-corrected chi connectivity index (χ3v) is 6.35. The third kappa shape index (κ3) is 3.94. The average molecular weight is 415 g/mol. The summed E-state index contributed by atoms with van der Waals surface area (Å²) in [7, 11) is 1.67. The molecule has 6 heteroatoms. The minimum Gasteiger partial charge on any atom is -0.496 e. The van der Waals surface area contributed by atoms with Crippen molar-refractivity contribution in [1.29, 1.82) is 0 Å². The van der Waals surface area contributed by atoms with Gasteiger partial charge < -0.3 is 19.3 Å². The van der Waals surface area contributed by atoms with E-state index >= 15 is 0 Å². The maximum absolute atomic E-state index is 13.8. The molecule has 2 aliphatic rings. The zero-order valence-corrected chi connectivity index (χ0v) is 17.5. The number of methoxy groups -OCH3 is 1. The first-order valence-corrected chi connectivity index (χ1v) is 10.5. The largest absolute Gasteiger partial charge is 0.496 e. The lowest BCUT2D eigenvalue weighted by Crippen LogP contribution is -2.56. The number of carbonyl (C=O) groups is 1. The van der Waals surface area contributed by atoms with Gasteiger partial charge in [-0.15, -0.1) is 0 Å². The van der Waals surface area contributed by atoms with Crippen LogP contribution in [-0.4, -0.2) is 57.3 Å². The van der Waals surface area contributed by atoms with Crippen LogP contribution in [0.4, 0.5) is 5.69 Å². The van der Waals surface area contributed by atoms with Gasteiger partial charge in [-0.2, -0.15) is 0 Å². The van der Waals surface area contributed by atoms with Crippen LogP contribution in [-0.2, 0) is 14.9 Å². The molecule has 0 aliphatic carbocycles. The van der Waals surface area contributed by atoms with Crippen LogP contribution in [0.3, 0.4) is 0 Å². The monoisotopic (exact) mass is 414 g/mol. The third-order valence-electron chi connectivity index (χ3n) is 6.12. The summed E-state index contributed by atoms with van der Waals surface area (Å²) < 4.78 is 11.2. The Morgan fingerprint density at radius 3 is 2.45 bits per heavy atom. The molecule has 0 saturated carbocycles. The first-order valence-electron chi connectivity index (χ1n) is 10.2. The summed E-state index contributed by atoms with van der Waals surface area (Å²) >= 11 is 6.14. The molecule has 0 atom stereocenters. The van der Waals surface area contributed by atoms with E-state index in [1.807, 2.05) is 47.4 Å². The number of piperazine rings is 1. The molecule has 0 unspecified atom stereocenters. The van der Waals surface area contributed by atoms with Crippen molar-refractivity contribution in [2.45, 2.75) is 18.3 Å². The molecule has 0 radical (unpaired) electrons. The summed E-state index contributed by atoms with van der Waals surface area (Å²) in [5, 5.41) is 0.735. The molecule has 1 amide bonds. The number of amides is 1. The molecular weight excluding hydrogens is 388 g/mol. The summed E-state index contributed by atoms with van der Waals surface area (Å²) in [4.78, 5) is 18.1. The fraction of sp³-hybridized carbons (Fsp3) is 0.435. The molecule has 5 nitrogen and oxygen atoms in total. The van der Waals surface area contributed by atoms with E-state index in [0.717, 1.165) is 35.1 Å². The van der Waals surface area contributed by atoms with Gasteiger partial charge in [0.25, 0.3) is 0 Å². The molecule has 2 heterocycles. The zero-order valence-electron chi connectivity index (χ0n) is 16.8. The molecule has 29 heavy (non-hydrogen) atoms. The van der Waals surface area contributed by atoms with Crippen molar-refractivity contribution in [3.63, 3.8) is 0 Å². The number of para-hydroxylation sites is 1. The number of nitrogens with zero attached hydrogens (tertiary/aromatic N) is 2. The van der Waals surface area contributed by atoms with Gasteiger partial charge in [0.1, 0.15) is 5.75 Å². The highest BCUT2D eigenvalue weighted by molar-refractivity contribution is 6.30. The fourth-order valence-electron chi connectivity index (χ4n) is 4.50. The number of carbonyl (C=O) groups excluding carboxylic acids is 1. The summed E-state index contributed by atoms with van der Waals surface area (Å²) in [5.41, 5.74) is 1.51. The van der Waals surface area contributed by atoms with Gasteiger partial charge in [0.15, 0.2) is 0 Å². The molecule has 154 valence electrons. The molecule has 4 rings (SSSR count). The van der Waals surface area contributed by atoms with Crippen molar-refractivity contribution in [3.05, 3.63) is 59.1 Å². The Kier molecular flexibility index (Phi) is 5.97. The van der Waals surface area contributed by atoms with Gasteiger partial charge in [0.05, 0.1) is 12.5 Å². The van der Waals surface area contributed by atoms with E-state index in [1.54, 1.807) is 7.11 Å². The Morgan fingerprint density at radius 2 is 1.76 bits per heavy atom. The standard InChI is InChI=1S/C23H27ClN2O3/c1-28-21-8-3-2-7-20(21)23(9-15-29-16-10-23)22(27)26-13-11-25(12-14-26)19-6-4-5-18(24)17-19/h2-8,17H,9-16H2,1H3. The van der Waals surface area contributed by atoms with Crippen molar-refractivity contribution in [3.8, 4) is 5.75 Å². The first-order chi connectivity index (χ1) is 14.1. The first kappa shape index (κ1) is 20.0. The van der Waals surface area contributed by atoms with Crippen LogP contribution in [0.2, 0.25) is 5.02 Å². The smallest absolute Gasteiger partial charge is 0.233 e. The van der Waals surface area contributed by atoms with E-state index in [-0.39, 0.29) is 5.91 Å². The predicted octanol–water partition coefficient (Wildman–Crippen LogP) is 3.75. The van der Waals surface area contributed by atoms with Gasteiger partial charge in [-0.25, -0.2) is 0 Å². The highest BCUT2D eigenvalue weighted by atomic mass is 35.5. The quantitative estimate of drug-likeness (QED) is 0.764. The van der Waals surface area contributed by atoms with Crippen LogP contribution < -0.4 is 9.64 Å². The van der Waals surface area contributed by atoms with E-state index < -0.39 is 5.41 Å². The maximum atomic E-state index is 13.8. The molecule has 2 saturated heterocycles. The Morgan fingerprint density at radius 1 is 1.03 bits per heavy atom. The number of halogens is 1. The van der Waals surface area contributed by atoms with E-state index in [1.165, 1.54) is 0 Å². The topological polar surface area (TPSA) is 42.0 Å². The van der Waals surface area contributed by atoms with E-state index in [0.29, 0.717) is 39.1 Å². The van der Waals surface area contributed by atoms with Crippen LogP contribution in [0.5, 0.6) is 5.75 Å². The van der Waals surface area contributed by atoms with Crippen LogP contribution >= 0.6 is 11.6 Å².